The Hall–Kier alpha value is -16.4. The maximum Gasteiger partial charge on any atom is 0.0651 e. The van der Waals surface area contributed by atoms with Crippen LogP contribution in [0.5, 0.6) is 0 Å². The molecule has 0 N–H and O–H groups in total. The van der Waals surface area contributed by atoms with Crippen LogP contribution in [0.3, 0.4) is 0 Å². The van der Waals surface area contributed by atoms with Gasteiger partial charge >= 0.3 is 0 Å². The molecular weight excluding hydrogens is 1500 g/mol. The van der Waals surface area contributed by atoms with Gasteiger partial charge in [-0.1, -0.05) is 364 Å². The Bertz CT molecular complexity index is 8810. The number of hydrogen-bond acceptors (Lipinski definition) is 2. The maximum atomic E-state index is 10.0. The van der Waals surface area contributed by atoms with Crippen molar-refractivity contribution in [3.05, 3.63) is 509 Å². The third-order valence-electron chi connectivity index (χ3n) is 22.4. The van der Waals surface area contributed by atoms with E-state index in [9.17, 15) is 16.4 Å². The monoisotopic (exact) mass is 1600 g/mol. The molecule has 124 heavy (non-hydrogen) atoms. The third kappa shape index (κ3) is 15.2. The molecule has 0 saturated carbocycles. The summed E-state index contributed by atoms with van der Waals surface area (Å²) in [6.45, 7) is 0. The first-order valence-corrected chi connectivity index (χ1v) is 40.8. The largest absolute Gasteiger partial charge is 0.310 e. The molecule has 22 rings (SSSR count). The highest BCUT2D eigenvalue weighted by Gasteiger charge is 2.21. The van der Waals surface area contributed by atoms with Crippen LogP contribution >= 0.6 is 0 Å². The molecular formula is C120H84N4. The van der Waals surface area contributed by atoms with E-state index in [2.05, 4.69) is 130 Å². The van der Waals surface area contributed by atoms with Crippen molar-refractivity contribution in [1.29, 1.82) is 0 Å². The summed E-state index contributed by atoms with van der Waals surface area (Å²) in [7, 11) is 0. The van der Waals surface area contributed by atoms with E-state index in [0.717, 1.165) is 133 Å². The molecule has 2 heterocycles. The Morgan fingerprint density at radius 3 is 0.806 bits per heavy atom. The van der Waals surface area contributed by atoms with E-state index in [-0.39, 0.29) is 46.8 Å². The van der Waals surface area contributed by atoms with Crippen LogP contribution in [0.25, 0.3) is 166 Å². The van der Waals surface area contributed by atoms with Crippen LogP contribution in [-0.4, -0.2) is 9.13 Å². The zero-order valence-corrected chi connectivity index (χ0v) is 66.7. The lowest BCUT2D eigenvalue weighted by atomic mass is 9.98. The Morgan fingerprint density at radius 1 is 0.153 bits per heavy atom. The van der Waals surface area contributed by atoms with Crippen molar-refractivity contribution in [2.45, 2.75) is 0 Å². The van der Waals surface area contributed by atoms with E-state index in [1.54, 1.807) is 30.3 Å². The Morgan fingerprint density at radius 2 is 0.419 bits per heavy atom. The molecule has 0 atom stereocenters. The second-order valence-corrected chi connectivity index (χ2v) is 29.9. The molecule has 22 aromatic rings. The Labute approximate surface area is 753 Å². The number of anilines is 6. The fourth-order valence-electron chi connectivity index (χ4n) is 16.3. The van der Waals surface area contributed by atoms with Gasteiger partial charge in [0.15, 0.2) is 0 Å². The summed E-state index contributed by atoms with van der Waals surface area (Å²) in [5, 5.41) is 3.67. The zero-order chi connectivity index (χ0) is 101. The molecule has 584 valence electrons. The first-order valence-electron chi connectivity index (χ1n) is 51.3. The molecule has 20 aromatic carbocycles. The predicted octanol–water partition coefficient (Wildman–Crippen LogP) is 33.2. The number of rotatable bonds is 18. The summed E-state index contributed by atoms with van der Waals surface area (Å²) in [6.07, 6.45) is 0. The van der Waals surface area contributed by atoms with Crippen molar-refractivity contribution < 1.29 is 28.8 Å². The van der Waals surface area contributed by atoms with E-state index in [1.807, 2.05) is 235 Å². The van der Waals surface area contributed by atoms with Gasteiger partial charge in [0.25, 0.3) is 0 Å². The molecule has 0 unspecified atom stereocenters. The summed E-state index contributed by atoms with van der Waals surface area (Å²) in [5.74, 6) is 0. The molecule has 0 spiro atoms. The summed E-state index contributed by atoms with van der Waals surface area (Å²) in [4.78, 5) is 3.08. The SMILES string of the molecule is [2H]c1c([2H])c(-c2ccc3c(c2)c2ccccc2n3-c2ccccc2)c([2H])c(N(c2ccc(-c3ccc(-c4ccccc4)cc3)cc2)c2ccc(-c3cccc(-c4ccccc4)c3)cc2)c1[2H].[2H]c1c([2H])c([2H])c(-c2c([2H])c([2H])c(-c3c([2H])c([2H])c(N(c4ccc(-c5cccc(-c6ccccc6)c5)cc4)c4c([2H])c([2H])c([2H])c(-c5ccc6c(c5)c5ccccc5n6-c5ccccc5)c4[2H])c([2H])c3[2H])c([2H])c2[2H])c([2H])c1[2H]. The van der Waals surface area contributed by atoms with Crippen molar-refractivity contribution in [3.8, 4) is 123 Å². The van der Waals surface area contributed by atoms with Crippen molar-refractivity contribution in [2.75, 3.05) is 9.80 Å². The lowest BCUT2D eigenvalue weighted by molar-refractivity contribution is 1.18. The van der Waals surface area contributed by atoms with Crippen LogP contribution < -0.4 is 9.80 Å². The molecule has 0 aliphatic heterocycles. The Balaban J connectivity index is 0.000000173. The quantitative estimate of drug-likeness (QED) is 0.0851. The van der Waals surface area contributed by atoms with Crippen molar-refractivity contribution in [2.24, 2.45) is 0 Å². The van der Waals surface area contributed by atoms with Gasteiger partial charge in [-0.25, -0.2) is 0 Å². The molecule has 2 aromatic heterocycles. The second-order valence-electron chi connectivity index (χ2n) is 29.9. The highest BCUT2D eigenvalue weighted by Crippen LogP contribution is 2.45. The van der Waals surface area contributed by atoms with Crippen molar-refractivity contribution in [1.82, 2.24) is 9.13 Å². The van der Waals surface area contributed by atoms with Crippen molar-refractivity contribution in [3.63, 3.8) is 0 Å². The molecule has 0 aliphatic rings. The fraction of sp³-hybridized carbons (Fsp3) is 0. The van der Waals surface area contributed by atoms with Gasteiger partial charge < -0.3 is 18.9 Å². The maximum absolute atomic E-state index is 10.0. The molecule has 0 radical (unpaired) electrons. The minimum absolute atomic E-state index is 0.00682. The van der Waals surface area contributed by atoms with Crippen LogP contribution in [0.4, 0.5) is 34.1 Å². The van der Waals surface area contributed by atoms with Gasteiger partial charge in [-0.05, 0) is 257 Å². The number of hydrogen-bond donors (Lipinski definition) is 0. The average Bonchev–Trinajstić information content (AvgIpc) is 0.988. The summed E-state index contributed by atoms with van der Waals surface area (Å²) >= 11 is 0. The van der Waals surface area contributed by atoms with Gasteiger partial charge in [0.05, 0.1) is 50.9 Å². The average molecular weight is 1600 g/mol. The van der Waals surface area contributed by atoms with E-state index >= 15 is 0 Å². The summed E-state index contributed by atoms with van der Waals surface area (Å²) in [5.41, 5.74) is 17.6. The minimum atomic E-state index is -0.875. The van der Waals surface area contributed by atoms with E-state index < -0.39 is 131 Å². The van der Waals surface area contributed by atoms with Crippen LogP contribution in [0.2, 0.25) is 0 Å². The highest BCUT2D eigenvalue weighted by atomic mass is 15.1. The predicted molar refractivity (Wildman–Crippen MR) is 525 cm³/mol. The number of para-hydroxylation sites is 4. The highest BCUT2D eigenvalue weighted by molar-refractivity contribution is 6.12. The molecule has 0 bridgehead atoms. The first-order chi connectivity index (χ1) is 70.2. The molecule has 0 aliphatic carbocycles. The van der Waals surface area contributed by atoms with Gasteiger partial charge in [0.2, 0.25) is 0 Å². The van der Waals surface area contributed by atoms with Gasteiger partial charge in [0.1, 0.15) is 0 Å². The van der Waals surface area contributed by atoms with Gasteiger partial charge in [-0.3, -0.25) is 0 Å². The number of nitrogens with zero attached hydrogens (tertiary/aromatic N) is 4. The third-order valence-corrected chi connectivity index (χ3v) is 22.4. The van der Waals surface area contributed by atoms with Crippen LogP contribution in [0.15, 0.2) is 509 Å². The first kappa shape index (κ1) is 55.4. The molecule has 4 heteroatoms. The lowest BCUT2D eigenvalue weighted by Gasteiger charge is -2.26. The van der Waals surface area contributed by atoms with E-state index in [1.165, 1.54) is 4.90 Å². The van der Waals surface area contributed by atoms with Gasteiger partial charge in [-0.15, -0.1) is 0 Å². The van der Waals surface area contributed by atoms with E-state index in [4.69, 9.17) is 12.3 Å². The normalized spacial score (nSPS) is 13.6. The van der Waals surface area contributed by atoms with Gasteiger partial charge in [-0.2, -0.15) is 0 Å². The van der Waals surface area contributed by atoms with E-state index in [0.29, 0.717) is 16.7 Å². The minimum Gasteiger partial charge on any atom is -0.310 e. The molecule has 0 saturated heterocycles. The summed E-state index contributed by atoms with van der Waals surface area (Å²) in [6, 6.07) is 113. The topological polar surface area (TPSA) is 16.3 Å². The van der Waals surface area contributed by atoms with Crippen LogP contribution in [0.1, 0.15) is 28.8 Å². The number of aromatic nitrogens is 2. The van der Waals surface area contributed by atoms with Crippen molar-refractivity contribution >= 4 is 77.7 Å². The van der Waals surface area contributed by atoms with Gasteiger partial charge in [0, 0.05) is 67.0 Å². The smallest absolute Gasteiger partial charge is 0.0651 e. The second kappa shape index (κ2) is 33.8. The Kier molecular flexibility index (Phi) is 15.1. The standard InChI is InChI=1S/2C60H42N2/c2*1-4-14-43(15-5-1)45-26-28-46(29-27-45)47-30-35-54(36-31-47)61(55-37-32-48(33-38-55)50-19-12-18-49(40-50)44-16-6-2-7-17-44)56-23-13-20-51(41-56)52-34-39-60-58(42-52)57-24-10-11-25-59(57)62(60)53-21-8-3-9-22-53/h2*1-42H/i1D,4D,5D,13D,14D,15D,20D,23D,26D,27D,28D,29D,30D,31D,35D,36D,41D;13D,20D,23D,41D. The number of fused-ring (bicyclic) bond motifs is 6. The fourth-order valence-corrected chi connectivity index (χ4v) is 16.3. The lowest BCUT2D eigenvalue weighted by Crippen LogP contribution is -2.10. The number of benzene rings is 20. The summed E-state index contributed by atoms with van der Waals surface area (Å²) < 4.78 is 197. The van der Waals surface area contributed by atoms with Crippen LogP contribution in [0, 0.1) is 0 Å². The molecule has 0 fully saturated rings. The molecule has 0 amide bonds. The van der Waals surface area contributed by atoms with Crippen LogP contribution in [-0.2, 0) is 0 Å². The molecule has 4 nitrogen and oxygen atoms in total. The zero-order valence-electron chi connectivity index (χ0n) is 87.7.